The fourth-order valence-electron chi connectivity index (χ4n) is 3.34. The van der Waals surface area contributed by atoms with Crippen LogP contribution in [0.3, 0.4) is 0 Å². The van der Waals surface area contributed by atoms with Gasteiger partial charge in [0.25, 0.3) is 0 Å². The van der Waals surface area contributed by atoms with Crippen LogP contribution in [-0.2, 0) is 11.8 Å². The number of halogens is 1. The topological polar surface area (TPSA) is 63.1 Å². The highest BCUT2D eigenvalue weighted by atomic mass is 19.1. The molecule has 3 rings (SSSR count). The van der Waals surface area contributed by atoms with Gasteiger partial charge in [-0.25, -0.2) is 4.39 Å². The molecule has 1 saturated heterocycles. The molecule has 0 spiro atoms. The molecule has 128 valence electrons. The molecule has 3 atom stereocenters. The highest BCUT2D eigenvalue weighted by molar-refractivity contribution is 5.77. The number of nitrogens with zero attached hydrogens (tertiary/aromatic N) is 4. The molecule has 6 nitrogen and oxygen atoms in total. The van der Waals surface area contributed by atoms with Crippen molar-refractivity contribution in [3.05, 3.63) is 47.8 Å². The fraction of sp³-hybridized carbons (Fsp3) is 0.471. The minimum absolute atomic E-state index is 0.0482. The minimum atomic E-state index is -0.346. The van der Waals surface area contributed by atoms with Gasteiger partial charge in [0.2, 0.25) is 5.91 Å². The van der Waals surface area contributed by atoms with Crippen molar-refractivity contribution < 1.29 is 9.18 Å². The van der Waals surface area contributed by atoms with E-state index in [1.165, 1.54) is 12.3 Å². The summed E-state index contributed by atoms with van der Waals surface area (Å²) < 4.78 is 14.9. The van der Waals surface area contributed by atoms with Crippen LogP contribution in [0.1, 0.15) is 43.2 Å². The van der Waals surface area contributed by atoms with Crippen molar-refractivity contribution in [1.29, 1.82) is 0 Å². The fourth-order valence-corrected chi connectivity index (χ4v) is 3.34. The van der Waals surface area contributed by atoms with Gasteiger partial charge in [-0.1, -0.05) is 0 Å². The molecule has 0 bridgehead atoms. The van der Waals surface area contributed by atoms with Crippen molar-refractivity contribution in [3.63, 3.8) is 0 Å². The van der Waals surface area contributed by atoms with E-state index < -0.39 is 0 Å². The normalized spacial score (nSPS) is 22.7. The summed E-state index contributed by atoms with van der Waals surface area (Å²) in [4.78, 5) is 18.1. The summed E-state index contributed by atoms with van der Waals surface area (Å²) in [7, 11) is 3.71. The molecule has 1 unspecified atom stereocenters. The van der Waals surface area contributed by atoms with Crippen LogP contribution in [0.2, 0.25) is 0 Å². The van der Waals surface area contributed by atoms with E-state index >= 15 is 0 Å². The molecular formula is C17H22FN5O. The number of rotatable bonds is 4. The van der Waals surface area contributed by atoms with Gasteiger partial charge in [-0.2, -0.15) is 5.10 Å². The first-order valence-corrected chi connectivity index (χ1v) is 8.08. The standard InChI is InChI=1S/C17H22FN5O/c1-11(13-5-4-12(18)10-19-13)21-14-6-7-16(24)22(2)17(14)15-8-9-20-23(15)3/h4-5,8-11,14,17,21H,6-7H2,1-3H3/t11?,14-,17-/m1/s1. The first kappa shape index (κ1) is 16.6. The Kier molecular flexibility index (Phi) is 4.62. The Morgan fingerprint density at radius 1 is 1.33 bits per heavy atom. The molecule has 3 heterocycles. The molecule has 0 saturated carbocycles. The van der Waals surface area contributed by atoms with Gasteiger partial charge in [0.05, 0.1) is 23.6 Å². The largest absolute Gasteiger partial charge is 0.336 e. The lowest BCUT2D eigenvalue weighted by Crippen LogP contribution is -2.50. The van der Waals surface area contributed by atoms with E-state index in [1.807, 2.05) is 27.1 Å². The quantitative estimate of drug-likeness (QED) is 0.930. The molecule has 0 radical (unpaired) electrons. The monoisotopic (exact) mass is 331 g/mol. The van der Waals surface area contributed by atoms with Crippen LogP contribution in [0, 0.1) is 5.82 Å². The van der Waals surface area contributed by atoms with Gasteiger partial charge in [0, 0.05) is 38.8 Å². The smallest absolute Gasteiger partial charge is 0.222 e. The summed E-state index contributed by atoms with van der Waals surface area (Å²) in [5.41, 5.74) is 1.77. The van der Waals surface area contributed by atoms with Crippen molar-refractivity contribution >= 4 is 5.91 Å². The van der Waals surface area contributed by atoms with Crippen LogP contribution < -0.4 is 5.32 Å². The number of hydrogen-bond donors (Lipinski definition) is 1. The van der Waals surface area contributed by atoms with Crippen LogP contribution in [0.5, 0.6) is 0 Å². The molecular weight excluding hydrogens is 309 g/mol. The lowest BCUT2D eigenvalue weighted by molar-refractivity contribution is -0.136. The van der Waals surface area contributed by atoms with Gasteiger partial charge in [0.1, 0.15) is 5.82 Å². The van der Waals surface area contributed by atoms with E-state index in [0.29, 0.717) is 6.42 Å². The zero-order valence-corrected chi connectivity index (χ0v) is 14.1. The average Bonchev–Trinajstić information content (AvgIpc) is 2.97. The van der Waals surface area contributed by atoms with Crippen LogP contribution in [0.25, 0.3) is 0 Å². The maximum atomic E-state index is 13.1. The lowest BCUT2D eigenvalue weighted by atomic mass is 9.92. The van der Waals surface area contributed by atoms with E-state index in [0.717, 1.165) is 17.8 Å². The maximum absolute atomic E-state index is 13.1. The second-order valence-electron chi connectivity index (χ2n) is 6.26. The van der Waals surface area contributed by atoms with Gasteiger partial charge in [0.15, 0.2) is 0 Å². The van der Waals surface area contributed by atoms with Crippen LogP contribution in [-0.4, -0.2) is 38.7 Å². The Morgan fingerprint density at radius 3 is 2.75 bits per heavy atom. The second kappa shape index (κ2) is 6.68. The van der Waals surface area contributed by atoms with Crippen LogP contribution >= 0.6 is 0 Å². The molecule has 1 aliphatic heterocycles. The predicted octanol–water partition coefficient (Wildman–Crippen LogP) is 1.97. The molecule has 1 fully saturated rings. The molecule has 1 aliphatic rings. The molecule has 1 N–H and O–H groups in total. The summed E-state index contributed by atoms with van der Waals surface area (Å²) in [6, 6.07) is 4.97. The molecule has 2 aromatic heterocycles. The Balaban J connectivity index is 1.83. The number of aromatic nitrogens is 3. The third-order valence-electron chi connectivity index (χ3n) is 4.68. The van der Waals surface area contributed by atoms with Gasteiger partial charge in [-0.15, -0.1) is 0 Å². The van der Waals surface area contributed by atoms with Crippen molar-refractivity contribution in [2.75, 3.05) is 7.05 Å². The minimum Gasteiger partial charge on any atom is -0.336 e. The van der Waals surface area contributed by atoms with Gasteiger partial charge < -0.3 is 10.2 Å². The zero-order chi connectivity index (χ0) is 17.3. The number of carbonyl (C=O) groups is 1. The Morgan fingerprint density at radius 2 is 2.12 bits per heavy atom. The third kappa shape index (κ3) is 3.17. The van der Waals surface area contributed by atoms with Gasteiger partial charge in [-0.05, 0) is 31.5 Å². The molecule has 0 aliphatic carbocycles. The lowest BCUT2D eigenvalue weighted by Gasteiger charge is -2.40. The SMILES string of the molecule is CC(N[C@@H]1CCC(=O)N(C)[C@H]1c1ccnn1C)c1ccc(F)cn1. The molecule has 0 aromatic carbocycles. The number of pyridine rings is 1. The van der Waals surface area contributed by atoms with Crippen molar-refractivity contribution in [3.8, 4) is 0 Å². The number of carbonyl (C=O) groups excluding carboxylic acids is 1. The first-order valence-electron chi connectivity index (χ1n) is 8.08. The number of aryl methyl sites for hydroxylation is 1. The van der Waals surface area contributed by atoms with Gasteiger partial charge >= 0.3 is 0 Å². The second-order valence-corrected chi connectivity index (χ2v) is 6.26. The summed E-state index contributed by atoms with van der Waals surface area (Å²) in [6.45, 7) is 2.00. The van der Waals surface area contributed by atoms with Crippen LogP contribution in [0.15, 0.2) is 30.6 Å². The number of nitrogens with one attached hydrogen (secondary N) is 1. The summed E-state index contributed by atoms with van der Waals surface area (Å²) in [6.07, 6.45) is 4.21. The first-order chi connectivity index (χ1) is 11.5. The Hall–Kier alpha value is -2.28. The number of amides is 1. The summed E-state index contributed by atoms with van der Waals surface area (Å²) >= 11 is 0. The van der Waals surface area contributed by atoms with Crippen molar-refractivity contribution in [2.45, 2.75) is 37.9 Å². The third-order valence-corrected chi connectivity index (χ3v) is 4.68. The maximum Gasteiger partial charge on any atom is 0.222 e. The zero-order valence-electron chi connectivity index (χ0n) is 14.1. The van der Waals surface area contributed by atoms with Gasteiger partial charge in [-0.3, -0.25) is 14.5 Å². The number of hydrogen-bond acceptors (Lipinski definition) is 4. The molecule has 7 heteroatoms. The van der Waals surface area contributed by atoms with E-state index in [-0.39, 0.29) is 29.8 Å². The van der Waals surface area contributed by atoms with E-state index in [1.54, 1.807) is 21.8 Å². The highest BCUT2D eigenvalue weighted by Gasteiger charge is 2.36. The molecule has 24 heavy (non-hydrogen) atoms. The molecule has 1 amide bonds. The summed E-state index contributed by atoms with van der Waals surface area (Å²) in [5.74, 6) is -0.214. The number of likely N-dealkylation sites (N-methyl/N-ethyl adjacent to an activating group) is 1. The summed E-state index contributed by atoms with van der Waals surface area (Å²) in [5, 5.41) is 7.78. The highest BCUT2D eigenvalue weighted by Crippen LogP contribution is 2.31. The van der Waals surface area contributed by atoms with E-state index in [2.05, 4.69) is 15.4 Å². The molecule has 2 aromatic rings. The number of likely N-dealkylation sites (tertiary alicyclic amines) is 1. The Bertz CT molecular complexity index is 714. The van der Waals surface area contributed by atoms with E-state index in [4.69, 9.17) is 0 Å². The average molecular weight is 331 g/mol. The number of piperidine rings is 1. The Labute approximate surface area is 140 Å². The predicted molar refractivity (Wildman–Crippen MR) is 87.5 cm³/mol. The van der Waals surface area contributed by atoms with Crippen LogP contribution in [0.4, 0.5) is 4.39 Å². The van der Waals surface area contributed by atoms with Crippen molar-refractivity contribution in [1.82, 2.24) is 25.0 Å². The van der Waals surface area contributed by atoms with E-state index in [9.17, 15) is 9.18 Å². The van der Waals surface area contributed by atoms with Crippen molar-refractivity contribution in [2.24, 2.45) is 7.05 Å².